The van der Waals surface area contributed by atoms with E-state index in [1.54, 1.807) is 41.5 Å². The summed E-state index contributed by atoms with van der Waals surface area (Å²) in [6, 6.07) is 4.58. The zero-order valence-electron chi connectivity index (χ0n) is 14.3. The van der Waals surface area contributed by atoms with Crippen LogP contribution in [-0.4, -0.2) is 38.2 Å². The third kappa shape index (κ3) is 4.67. The zero-order valence-corrected chi connectivity index (χ0v) is 15.9. The molecular weight excluding hydrogens is 414 g/mol. The minimum absolute atomic E-state index is 0.321. The van der Waals surface area contributed by atoms with Crippen LogP contribution >= 0.6 is 15.9 Å². The highest BCUT2D eigenvalue weighted by molar-refractivity contribution is 9.10. The highest BCUT2D eigenvalue weighted by Gasteiger charge is 2.14. The van der Waals surface area contributed by atoms with Crippen molar-refractivity contribution in [3.63, 3.8) is 0 Å². The Morgan fingerprint density at radius 3 is 2.74 bits per heavy atom. The summed E-state index contributed by atoms with van der Waals surface area (Å²) in [5.74, 6) is -0.0104. The Morgan fingerprint density at radius 1 is 1.22 bits per heavy atom. The number of carbonyl (C=O) groups is 2. The van der Waals surface area contributed by atoms with Crippen molar-refractivity contribution in [3.05, 3.63) is 59.2 Å². The van der Waals surface area contributed by atoms with Crippen molar-refractivity contribution in [1.82, 2.24) is 25.1 Å². The van der Waals surface area contributed by atoms with Gasteiger partial charge in [-0.3, -0.25) is 15.1 Å². The number of halogens is 1. The van der Waals surface area contributed by atoms with E-state index in [-0.39, 0.29) is 11.9 Å². The smallest absolute Gasteiger partial charge is 0.320 e. The number of pyridine rings is 2. The van der Waals surface area contributed by atoms with Crippen LogP contribution in [0.1, 0.15) is 17.3 Å². The topological polar surface area (TPSA) is 114 Å². The summed E-state index contributed by atoms with van der Waals surface area (Å²) in [4.78, 5) is 32.3. The molecule has 3 heterocycles. The second-order valence-electron chi connectivity index (χ2n) is 5.37. The highest BCUT2D eigenvalue weighted by Crippen LogP contribution is 2.24. The molecule has 9 nitrogen and oxygen atoms in total. The van der Waals surface area contributed by atoms with E-state index in [2.05, 4.69) is 46.9 Å². The Balaban J connectivity index is 1.92. The normalized spacial score (nSPS) is 10.3. The predicted molar refractivity (Wildman–Crippen MR) is 104 cm³/mol. The van der Waals surface area contributed by atoms with Crippen molar-refractivity contribution in [2.45, 2.75) is 6.92 Å². The van der Waals surface area contributed by atoms with Gasteiger partial charge in [-0.15, -0.1) is 0 Å². The Labute approximate surface area is 163 Å². The van der Waals surface area contributed by atoms with Crippen molar-refractivity contribution in [3.8, 4) is 5.69 Å². The highest BCUT2D eigenvalue weighted by atomic mass is 79.9. The van der Waals surface area contributed by atoms with Gasteiger partial charge in [-0.25, -0.2) is 14.5 Å². The van der Waals surface area contributed by atoms with Gasteiger partial charge < -0.3 is 10.6 Å². The number of rotatable bonds is 5. The van der Waals surface area contributed by atoms with Crippen molar-refractivity contribution in [2.24, 2.45) is 0 Å². The van der Waals surface area contributed by atoms with Crippen LogP contribution in [0.2, 0.25) is 0 Å². The Bertz CT molecular complexity index is 959. The van der Waals surface area contributed by atoms with E-state index in [9.17, 15) is 9.59 Å². The number of amides is 3. The lowest BCUT2D eigenvalue weighted by Crippen LogP contribution is -2.28. The largest absolute Gasteiger partial charge is 0.338 e. The first kappa shape index (κ1) is 18.5. The van der Waals surface area contributed by atoms with E-state index in [0.717, 1.165) is 4.47 Å². The predicted octanol–water partition coefficient (Wildman–Crippen LogP) is 2.82. The molecule has 3 aromatic rings. The first-order valence-electron chi connectivity index (χ1n) is 8.03. The van der Waals surface area contributed by atoms with Gasteiger partial charge in [0.2, 0.25) is 0 Å². The number of anilines is 2. The standard InChI is InChI=1S/C17H16BrN7O2/c1-2-20-17(27)24-15-6-14(25-10-12(18)8-22-25)13(9-21-15)23-16(26)11-4-3-5-19-7-11/h3-10H,2H2,1H3,(H,23,26)(H2,20,21,24,27). The van der Waals surface area contributed by atoms with Gasteiger partial charge in [0.25, 0.3) is 5.91 Å². The first-order chi connectivity index (χ1) is 13.1. The van der Waals surface area contributed by atoms with Crippen LogP contribution in [-0.2, 0) is 0 Å². The molecule has 0 atom stereocenters. The second kappa shape index (κ2) is 8.41. The molecule has 0 saturated carbocycles. The van der Waals surface area contributed by atoms with Gasteiger partial charge >= 0.3 is 6.03 Å². The molecule has 0 fully saturated rings. The molecule has 0 aliphatic carbocycles. The molecule has 27 heavy (non-hydrogen) atoms. The minimum atomic E-state index is -0.371. The molecule has 0 radical (unpaired) electrons. The van der Waals surface area contributed by atoms with Gasteiger partial charge in [-0.05, 0) is 35.0 Å². The molecule has 3 rings (SSSR count). The summed E-state index contributed by atoms with van der Waals surface area (Å²) in [5, 5.41) is 12.3. The number of urea groups is 1. The van der Waals surface area contributed by atoms with Crippen molar-refractivity contribution < 1.29 is 9.59 Å². The maximum absolute atomic E-state index is 12.5. The summed E-state index contributed by atoms with van der Waals surface area (Å²) in [6.07, 6.45) is 7.86. The molecule has 0 aliphatic rings. The van der Waals surface area contributed by atoms with E-state index in [1.165, 1.54) is 12.4 Å². The molecule has 10 heteroatoms. The molecule has 0 unspecified atom stereocenters. The fourth-order valence-electron chi connectivity index (χ4n) is 2.24. The van der Waals surface area contributed by atoms with E-state index in [1.807, 2.05) is 6.92 Å². The number of carbonyl (C=O) groups excluding carboxylic acids is 2. The minimum Gasteiger partial charge on any atom is -0.338 e. The first-order valence-corrected chi connectivity index (χ1v) is 8.83. The summed E-state index contributed by atoms with van der Waals surface area (Å²) >= 11 is 3.35. The van der Waals surface area contributed by atoms with Gasteiger partial charge in [-0.2, -0.15) is 5.10 Å². The van der Waals surface area contributed by atoms with Crippen LogP contribution in [0.25, 0.3) is 5.69 Å². The Kier molecular flexibility index (Phi) is 5.77. The number of nitrogens with zero attached hydrogens (tertiary/aromatic N) is 4. The number of hydrogen-bond acceptors (Lipinski definition) is 5. The molecule has 0 aromatic carbocycles. The molecule has 138 valence electrons. The van der Waals surface area contributed by atoms with Crippen LogP contribution in [0.3, 0.4) is 0 Å². The van der Waals surface area contributed by atoms with E-state index in [0.29, 0.717) is 29.3 Å². The lowest BCUT2D eigenvalue weighted by atomic mass is 10.2. The monoisotopic (exact) mass is 429 g/mol. The lowest BCUT2D eigenvalue weighted by molar-refractivity contribution is 0.102. The summed E-state index contributed by atoms with van der Waals surface area (Å²) in [5.41, 5.74) is 1.38. The van der Waals surface area contributed by atoms with Gasteiger partial charge in [0, 0.05) is 31.2 Å². The molecule has 3 aromatic heterocycles. The van der Waals surface area contributed by atoms with Crippen LogP contribution < -0.4 is 16.0 Å². The quantitative estimate of drug-likeness (QED) is 0.576. The Morgan fingerprint density at radius 2 is 2.07 bits per heavy atom. The van der Waals surface area contributed by atoms with Gasteiger partial charge in [0.15, 0.2) is 0 Å². The average Bonchev–Trinajstić information content (AvgIpc) is 3.10. The molecule has 0 bridgehead atoms. The molecule has 0 saturated heterocycles. The van der Waals surface area contributed by atoms with E-state index >= 15 is 0 Å². The number of nitrogens with one attached hydrogen (secondary N) is 3. The van der Waals surface area contributed by atoms with Crippen LogP contribution in [0.5, 0.6) is 0 Å². The van der Waals surface area contributed by atoms with Crippen molar-refractivity contribution >= 4 is 39.4 Å². The van der Waals surface area contributed by atoms with E-state index < -0.39 is 0 Å². The average molecular weight is 430 g/mol. The molecule has 3 N–H and O–H groups in total. The summed E-state index contributed by atoms with van der Waals surface area (Å²) in [6.45, 7) is 2.31. The number of hydrogen-bond donors (Lipinski definition) is 3. The van der Waals surface area contributed by atoms with Crippen molar-refractivity contribution in [2.75, 3.05) is 17.2 Å². The summed E-state index contributed by atoms with van der Waals surface area (Å²) < 4.78 is 2.33. The van der Waals surface area contributed by atoms with Crippen molar-refractivity contribution in [1.29, 1.82) is 0 Å². The molecule has 0 spiro atoms. The zero-order chi connectivity index (χ0) is 19.2. The lowest BCUT2D eigenvalue weighted by Gasteiger charge is -2.13. The van der Waals surface area contributed by atoms with Gasteiger partial charge in [0.1, 0.15) is 5.82 Å². The van der Waals surface area contributed by atoms with Gasteiger partial charge in [-0.1, -0.05) is 0 Å². The SMILES string of the molecule is CCNC(=O)Nc1cc(-n2cc(Br)cn2)c(NC(=O)c2cccnc2)cn1. The fraction of sp³-hybridized carbons (Fsp3) is 0.118. The molecule has 3 amide bonds. The summed E-state index contributed by atoms with van der Waals surface area (Å²) in [7, 11) is 0. The maximum Gasteiger partial charge on any atom is 0.320 e. The molecule has 0 aliphatic heterocycles. The van der Waals surface area contributed by atoms with Crippen LogP contribution in [0.15, 0.2) is 53.7 Å². The fourth-order valence-corrected chi connectivity index (χ4v) is 2.53. The number of aromatic nitrogens is 4. The van der Waals surface area contributed by atoms with Gasteiger partial charge in [0.05, 0.1) is 33.8 Å². The van der Waals surface area contributed by atoms with E-state index in [4.69, 9.17) is 0 Å². The third-order valence-electron chi connectivity index (χ3n) is 3.43. The van der Waals surface area contributed by atoms with Crippen LogP contribution in [0.4, 0.5) is 16.3 Å². The maximum atomic E-state index is 12.5. The third-order valence-corrected chi connectivity index (χ3v) is 3.84. The van der Waals surface area contributed by atoms with Crippen LogP contribution in [0, 0.1) is 0 Å². The molecular formula is C17H16BrN7O2. The second-order valence-corrected chi connectivity index (χ2v) is 6.29. The Hall–Kier alpha value is -3.27.